The van der Waals surface area contributed by atoms with Crippen molar-refractivity contribution in [3.8, 4) is 10.8 Å². The lowest BCUT2D eigenvalue weighted by atomic mass is 10.2. The zero-order chi connectivity index (χ0) is 14.1. The summed E-state index contributed by atoms with van der Waals surface area (Å²) in [5.74, 6) is -0.734. The summed E-state index contributed by atoms with van der Waals surface area (Å²) in [4.78, 5) is 12.5. The first kappa shape index (κ1) is 13.1. The van der Waals surface area contributed by atoms with Gasteiger partial charge in [-0.1, -0.05) is 23.7 Å². The molecule has 0 fully saturated rings. The molecule has 102 valence electrons. The average molecular weight is 311 g/mol. The Hall–Kier alpha value is -1.92. The second-order valence-electron chi connectivity index (χ2n) is 4.04. The van der Waals surface area contributed by atoms with Crippen molar-refractivity contribution in [3.05, 3.63) is 62.7 Å². The number of thiophene rings is 1. The fourth-order valence-electron chi connectivity index (χ4n) is 1.72. The van der Waals surface area contributed by atoms with E-state index in [1.807, 2.05) is 17.5 Å². The van der Waals surface area contributed by atoms with Crippen molar-refractivity contribution in [2.75, 3.05) is 0 Å². The van der Waals surface area contributed by atoms with Crippen molar-refractivity contribution in [3.63, 3.8) is 0 Å². The maximum Gasteiger partial charge on any atom is 0.437 e. The van der Waals surface area contributed by atoms with Gasteiger partial charge in [-0.2, -0.15) is 4.68 Å². The minimum atomic E-state index is -0.575. The minimum Gasteiger partial charge on any atom is -0.387 e. The summed E-state index contributed by atoms with van der Waals surface area (Å²) in [5.41, 5.74) is 0.598. The maximum atomic E-state index is 13.0. The summed E-state index contributed by atoms with van der Waals surface area (Å²) in [6.07, 6.45) is 0. The molecule has 0 unspecified atom stereocenters. The van der Waals surface area contributed by atoms with Crippen LogP contribution in [0.1, 0.15) is 5.56 Å². The molecule has 2 aromatic heterocycles. The Bertz CT molecular complexity index is 795. The van der Waals surface area contributed by atoms with Crippen molar-refractivity contribution in [2.45, 2.75) is 6.54 Å². The highest BCUT2D eigenvalue weighted by molar-refractivity contribution is 7.13. The van der Waals surface area contributed by atoms with E-state index in [4.69, 9.17) is 16.0 Å². The van der Waals surface area contributed by atoms with Crippen LogP contribution in [-0.2, 0) is 6.54 Å². The van der Waals surface area contributed by atoms with Crippen LogP contribution in [0, 0.1) is 5.82 Å². The normalized spacial score (nSPS) is 10.9. The topological polar surface area (TPSA) is 48.0 Å². The molecule has 3 aromatic rings. The third-order valence-corrected chi connectivity index (χ3v) is 3.88. The Morgan fingerprint density at radius 2 is 2.25 bits per heavy atom. The van der Waals surface area contributed by atoms with Crippen molar-refractivity contribution < 1.29 is 8.81 Å². The minimum absolute atomic E-state index is 0.132. The molecule has 0 spiro atoms. The lowest BCUT2D eigenvalue weighted by molar-refractivity contribution is 0.495. The number of benzene rings is 1. The monoisotopic (exact) mass is 310 g/mol. The summed E-state index contributed by atoms with van der Waals surface area (Å²) in [5, 5.41) is 6.22. The van der Waals surface area contributed by atoms with Gasteiger partial charge in [0.2, 0.25) is 0 Å². The van der Waals surface area contributed by atoms with Crippen LogP contribution in [0.25, 0.3) is 10.8 Å². The fourth-order valence-corrected chi connectivity index (χ4v) is 2.59. The number of hydrogen-bond acceptors (Lipinski definition) is 4. The molecule has 0 atom stereocenters. The van der Waals surface area contributed by atoms with E-state index in [2.05, 4.69) is 5.10 Å². The zero-order valence-electron chi connectivity index (χ0n) is 10.0. The first-order valence-electron chi connectivity index (χ1n) is 5.69. The van der Waals surface area contributed by atoms with Crippen molar-refractivity contribution in [1.82, 2.24) is 9.78 Å². The quantitative estimate of drug-likeness (QED) is 0.745. The van der Waals surface area contributed by atoms with Gasteiger partial charge < -0.3 is 4.42 Å². The van der Waals surface area contributed by atoms with E-state index in [0.717, 1.165) is 9.56 Å². The van der Waals surface area contributed by atoms with Crippen LogP contribution in [0.4, 0.5) is 4.39 Å². The van der Waals surface area contributed by atoms with Gasteiger partial charge in [0.25, 0.3) is 5.89 Å². The standard InChI is InChI=1S/C13H8ClFN2O2S/c14-10-6-9(15)4-3-8(10)7-17-13(18)19-12(16-17)11-2-1-5-20-11/h1-6H,7H2. The van der Waals surface area contributed by atoms with Gasteiger partial charge in [0.1, 0.15) is 5.82 Å². The van der Waals surface area contributed by atoms with E-state index in [-0.39, 0.29) is 17.5 Å². The predicted molar refractivity (Wildman–Crippen MR) is 74.6 cm³/mol. The summed E-state index contributed by atoms with van der Waals surface area (Å²) < 4.78 is 19.2. The van der Waals surface area contributed by atoms with Crippen LogP contribution in [0.2, 0.25) is 5.02 Å². The molecule has 1 aromatic carbocycles. The molecule has 0 radical (unpaired) electrons. The van der Waals surface area contributed by atoms with Crippen LogP contribution in [0.3, 0.4) is 0 Å². The van der Waals surface area contributed by atoms with Crippen LogP contribution in [0.5, 0.6) is 0 Å². The molecule has 0 aliphatic carbocycles. The Morgan fingerprint density at radius 1 is 1.40 bits per heavy atom. The maximum absolute atomic E-state index is 13.0. The van der Waals surface area contributed by atoms with Gasteiger partial charge in [-0.25, -0.2) is 9.18 Å². The van der Waals surface area contributed by atoms with Gasteiger partial charge >= 0.3 is 5.76 Å². The van der Waals surface area contributed by atoms with Crippen LogP contribution >= 0.6 is 22.9 Å². The molecule has 4 nitrogen and oxygen atoms in total. The molecule has 20 heavy (non-hydrogen) atoms. The highest BCUT2D eigenvalue weighted by Gasteiger charge is 2.12. The van der Waals surface area contributed by atoms with Crippen LogP contribution < -0.4 is 5.76 Å². The zero-order valence-corrected chi connectivity index (χ0v) is 11.6. The number of aromatic nitrogens is 2. The van der Waals surface area contributed by atoms with Crippen molar-refractivity contribution in [2.24, 2.45) is 0 Å². The smallest absolute Gasteiger partial charge is 0.387 e. The summed E-state index contributed by atoms with van der Waals surface area (Å²) in [6.45, 7) is 0.132. The molecular weight excluding hydrogens is 303 g/mol. The van der Waals surface area contributed by atoms with E-state index >= 15 is 0 Å². The molecule has 0 saturated carbocycles. The first-order valence-corrected chi connectivity index (χ1v) is 6.95. The van der Waals surface area contributed by atoms with E-state index in [1.54, 1.807) is 0 Å². The van der Waals surface area contributed by atoms with Gasteiger partial charge in [-0.15, -0.1) is 16.4 Å². The number of halogens is 2. The van der Waals surface area contributed by atoms with Gasteiger partial charge in [-0.05, 0) is 29.1 Å². The molecule has 2 heterocycles. The lowest BCUT2D eigenvalue weighted by Crippen LogP contribution is -2.16. The molecule has 0 saturated heterocycles. The van der Waals surface area contributed by atoms with Gasteiger partial charge in [-0.3, -0.25) is 0 Å². The van der Waals surface area contributed by atoms with Gasteiger partial charge in [0.15, 0.2) is 0 Å². The van der Waals surface area contributed by atoms with Gasteiger partial charge in [0, 0.05) is 5.02 Å². The summed E-state index contributed by atoms with van der Waals surface area (Å²) >= 11 is 7.35. The summed E-state index contributed by atoms with van der Waals surface area (Å²) in [7, 11) is 0. The SMILES string of the molecule is O=c1oc(-c2cccs2)nn1Cc1ccc(F)cc1Cl. The Kier molecular flexibility index (Phi) is 3.42. The molecule has 0 aliphatic rings. The highest BCUT2D eigenvalue weighted by atomic mass is 35.5. The average Bonchev–Trinajstić information content (AvgIpc) is 3.03. The fraction of sp³-hybridized carbons (Fsp3) is 0.0769. The molecule has 3 rings (SSSR count). The Labute approximate surface area is 122 Å². The lowest BCUT2D eigenvalue weighted by Gasteiger charge is -2.02. The Balaban J connectivity index is 1.93. The predicted octanol–water partition coefficient (Wildman–Crippen LogP) is 3.41. The van der Waals surface area contributed by atoms with E-state index in [9.17, 15) is 9.18 Å². The number of nitrogens with zero attached hydrogens (tertiary/aromatic N) is 2. The van der Waals surface area contributed by atoms with Crippen molar-refractivity contribution in [1.29, 1.82) is 0 Å². The second kappa shape index (κ2) is 5.22. The van der Waals surface area contributed by atoms with Crippen molar-refractivity contribution >= 4 is 22.9 Å². The van der Waals surface area contributed by atoms with E-state index in [1.165, 1.54) is 29.5 Å². The number of hydrogen-bond donors (Lipinski definition) is 0. The van der Waals surface area contributed by atoms with Gasteiger partial charge in [0.05, 0.1) is 11.4 Å². The second-order valence-corrected chi connectivity index (χ2v) is 5.40. The third-order valence-electron chi connectivity index (χ3n) is 2.67. The Morgan fingerprint density at radius 3 is 2.95 bits per heavy atom. The van der Waals surface area contributed by atoms with E-state index < -0.39 is 11.6 Å². The molecule has 0 N–H and O–H groups in total. The highest BCUT2D eigenvalue weighted by Crippen LogP contribution is 2.22. The van der Waals surface area contributed by atoms with E-state index in [0.29, 0.717) is 5.56 Å². The molecule has 7 heteroatoms. The summed E-state index contributed by atoms with van der Waals surface area (Å²) in [6, 6.07) is 7.65. The molecule has 0 amide bonds. The van der Waals surface area contributed by atoms with Crippen LogP contribution in [-0.4, -0.2) is 9.78 Å². The molecule has 0 bridgehead atoms. The van der Waals surface area contributed by atoms with Crippen LogP contribution in [0.15, 0.2) is 44.9 Å². The largest absolute Gasteiger partial charge is 0.437 e. The molecular formula is C13H8ClFN2O2S. The first-order chi connectivity index (χ1) is 9.63. The molecule has 0 aliphatic heterocycles. The third kappa shape index (κ3) is 2.52. The number of rotatable bonds is 3.